The number of H-pyrrole nitrogens is 1. The van der Waals surface area contributed by atoms with E-state index in [0.717, 1.165) is 60.6 Å². The molecule has 3 aromatic rings. The van der Waals surface area contributed by atoms with Crippen LogP contribution in [0.25, 0.3) is 22.2 Å². The van der Waals surface area contributed by atoms with Crippen LogP contribution >= 0.6 is 0 Å². The number of carbonyl (C=O) groups is 1. The first-order valence-electron chi connectivity index (χ1n) is 10.5. The second kappa shape index (κ2) is 8.98. The van der Waals surface area contributed by atoms with Gasteiger partial charge in [-0.15, -0.1) is 0 Å². The van der Waals surface area contributed by atoms with E-state index in [0.29, 0.717) is 12.1 Å². The van der Waals surface area contributed by atoms with Crippen LogP contribution in [0.1, 0.15) is 18.1 Å². The number of morpholine rings is 1. The molecule has 1 amide bonds. The van der Waals surface area contributed by atoms with Crippen LogP contribution in [-0.2, 0) is 16.1 Å². The lowest BCUT2D eigenvalue weighted by Crippen LogP contribution is -2.42. The van der Waals surface area contributed by atoms with Gasteiger partial charge >= 0.3 is 0 Å². The first kappa shape index (κ1) is 20.6. The van der Waals surface area contributed by atoms with Crippen LogP contribution in [0, 0.1) is 18.7 Å². The van der Waals surface area contributed by atoms with Gasteiger partial charge in [0.15, 0.2) is 0 Å². The third kappa shape index (κ3) is 4.40. The smallest absolute Gasteiger partial charge is 0.224 e. The maximum Gasteiger partial charge on any atom is 0.224 e. The van der Waals surface area contributed by atoms with Gasteiger partial charge in [-0.05, 0) is 42.3 Å². The van der Waals surface area contributed by atoms with Gasteiger partial charge in [0.1, 0.15) is 5.82 Å². The van der Waals surface area contributed by atoms with Gasteiger partial charge in [0.2, 0.25) is 5.91 Å². The molecule has 30 heavy (non-hydrogen) atoms. The number of nitrogens with one attached hydrogen (secondary N) is 2. The van der Waals surface area contributed by atoms with E-state index >= 15 is 0 Å². The summed E-state index contributed by atoms with van der Waals surface area (Å²) in [4.78, 5) is 18.1. The Morgan fingerprint density at radius 1 is 1.23 bits per heavy atom. The maximum absolute atomic E-state index is 14.2. The van der Waals surface area contributed by atoms with E-state index in [2.05, 4.69) is 21.3 Å². The van der Waals surface area contributed by atoms with E-state index in [1.54, 1.807) is 12.1 Å². The average molecular weight is 410 g/mol. The highest BCUT2D eigenvalue weighted by Gasteiger charge is 2.19. The van der Waals surface area contributed by atoms with Crippen LogP contribution in [-0.4, -0.2) is 48.6 Å². The van der Waals surface area contributed by atoms with Crippen molar-refractivity contribution in [2.75, 3.05) is 32.8 Å². The van der Waals surface area contributed by atoms with E-state index in [9.17, 15) is 9.18 Å². The van der Waals surface area contributed by atoms with Crippen molar-refractivity contribution in [3.8, 4) is 11.3 Å². The van der Waals surface area contributed by atoms with E-state index < -0.39 is 0 Å². The predicted molar refractivity (Wildman–Crippen MR) is 117 cm³/mol. The van der Waals surface area contributed by atoms with E-state index in [1.165, 1.54) is 6.07 Å². The molecule has 1 aromatic heterocycles. The summed E-state index contributed by atoms with van der Waals surface area (Å²) in [5.74, 6) is -0.262. The molecule has 1 saturated heterocycles. The molecule has 4 rings (SSSR count). The Hall–Kier alpha value is -2.70. The van der Waals surface area contributed by atoms with Gasteiger partial charge in [0.05, 0.1) is 18.9 Å². The number of halogens is 1. The Morgan fingerprint density at radius 2 is 2.00 bits per heavy atom. The third-order valence-electron chi connectivity index (χ3n) is 5.82. The lowest BCUT2D eigenvalue weighted by molar-refractivity contribution is -0.125. The molecule has 0 bridgehead atoms. The zero-order chi connectivity index (χ0) is 21.1. The van der Waals surface area contributed by atoms with Crippen LogP contribution in [0.4, 0.5) is 4.39 Å². The highest BCUT2D eigenvalue weighted by Crippen LogP contribution is 2.31. The summed E-state index contributed by atoms with van der Waals surface area (Å²) >= 11 is 0. The van der Waals surface area contributed by atoms with Crippen molar-refractivity contribution in [3.05, 3.63) is 59.4 Å². The van der Waals surface area contributed by atoms with Crippen molar-refractivity contribution < 1.29 is 13.9 Å². The fourth-order valence-corrected chi connectivity index (χ4v) is 4.03. The molecule has 0 aliphatic carbocycles. The largest absolute Gasteiger partial charge is 0.379 e. The Morgan fingerprint density at radius 3 is 2.77 bits per heavy atom. The van der Waals surface area contributed by atoms with Crippen molar-refractivity contribution in [1.82, 2.24) is 15.2 Å². The number of carbonyl (C=O) groups excluding carboxylic acids is 1. The highest BCUT2D eigenvalue weighted by atomic mass is 19.1. The predicted octanol–water partition coefficient (Wildman–Crippen LogP) is 3.87. The fraction of sp³-hybridized carbons (Fsp3) is 0.375. The number of amides is 1. The highest BCUT2D eigenvalue weighted by molar-refractivity contribution is 5.91. The summed E-state index contributed by atoms with van der Waals surface area (Å²) in [6.45, 7) is 8.41. The van der Waals surface area contributed by atoms with Crippen molar-refractivity contribution in [3.63, 3.8) is 0 Å². The zero-order valence-electron chi connectivity index (χ0n) is 17.5. The summed E-state index contributed by atoms with van der Waals surface area (Å²) in [6, 6.07) is 12.8. The number of hydrogen-bond acceptors (Lipinski definition) is 3. The van der Waals surface area contributed by atoms with E-state index in [4.69, 9.17) is 4.74 Å². The lowest BCUT2D eigenvalue weighted by Gasteiger charge is -2.28. The topological polar surface area (TPSA) is 57.4 Å². The second-order valence-corrected chi connectivity index (χ2v) is 8.02. The Bertz CT molecular complexity index is 1040. The van der Waals surface area contributed by atoms with Gasteiger partial charge in [-0.3, -0.25) is 9.69 Å². The summed E-state index contributed by atoms with van der Waals surface area (Å²) < 4.78 is 19.6. The van der Waals surface area contributed by atoms with Crippen molar-refractivity contribution in [2.24, 2.45) is 5.92 Å². The van der Waals surface area contributed by atoms with Crippen LogP contribution < -0.4 is 5.32 Å². The minimum absolute atomic E-state index is 0.0550. The maximum atomic E-state index is 14.2. The molecule has 2 heterocycles. The molecule has 2 N–H and O–H groups in total. The number of aryl methyl sites for hydroxylation is 1. The minimum Gasteiger partial charge on any atom is -0.379 e. The number of aromatic nitrogens is 1. The molecule has 1 aliphatic heterocycles. The lowest BCUT2D eigenvalue weighted by atomic mass is 10.0. The molecule has 0 unspecified atom stereocenters. The van der Waals surface area contributed by atoms with Crippen molar-refractivity contribution in [2.45, 2.75) is 20.4 Å². The molecule has 0 saturated carbocycles. The van der Waals surface area contributed by atoms with Gasteiger partial charge in [-0.25, -0.2) is 4.39 Å². The third-order valence-corrected chi connectivity index (χ3v) is 5.82. The van der Waals surface area contributed by atoms with Gasteiger partial charge in [-0.1, -0.05) is 25.1 Å². The number of nitrogens with zero attached hydrogens (tertiary/aromatic N) is 1. The first-order chi connectivity index (χ1) is 14.5. The van der Waals surface area contributed by atoms with Crippen molar-refractivity contribution in [1.29, 1.82) is 0 Å². The standard InChI is InChI=1S/C24H28FN3O2/c1-16(15-28-9-11-30-12-10-28)24(29)26-14-18-7-8-22-20(13-18)17(2)23(27-22)19-5-3-4-6-21(19)25/h3-8,13,16,27H,9-12,14-15H2,1-2H3,(H,26,29)/t16-/m1/s1. The van der Waals surface area contributed by atoms with Gasteiger partial charge in [0.25, 0.3) is 0 Å². The number of rotatable bonds is 6. The molecule has 1 fully saturated rings. The van der Waals surface area contributed by atoms with Gasteiger partial charge in [0, 0.05) is 48.6 Å². The van der Waals surface area contributed by atoms with Gasteiger partial charge in [-0.2, -0.15) is 0 Å². The molecule has 158 valence electrons. The monoisotopic (exact) mass is 409 g/mol. The van der Waals surface area contributed by atoms with E-state index in [-0.39, 0.29) is 17.6 Å². The molecule has 5 nitrogen and oxygen atoms in total. The van der Waals surface area contributed by atoms with Crippen LogP contribution in [0.3, 0.4) is 0 Å². The Labute approximate surface area is 176 Å². The van der Waals surface area contributed by atoms with Crippen LogP contribution in [0.15, 0.2) is 42.5 Å². The molecule has 1 atom stereocenters. The second-order valence-electron chi connectivity index (χ2n) is 8.02. The fourth-order valence-electron chi connectivity index (χ4n) is 4.03. The van der Waals surface area contributed by atoms with Crippen LogP contribution in [0.2, 0.25) is 0 Å². The number of hydrogen-bond donors (Lipinski definition) is 2. The molecule has 0 spiro atoms. The Balaban J connectivity index is 1.44. The molecule has 6 heteroatoms. The van der Waals surface area contributed by atoms with Crippen LogP contribution in [0.5, 0.6) is 0 Å². The first-order valence-corrected chi connectivity index (χ1v) is 10.5. The average Bonchev–Trinajstić information content (AvgIpc) is 3.09. The molecule has 2 aromatic carbocycles. The summed E-state index contributed by atoms with van der Waals surface area (Å²) in [7, 11) is 0. The number of benzene rings is 2. The quantitative estimate of drug-likeness (QED) is 0.650. The number of aromatic amines is 1. The SMILES string of the molecule is Cc1c(-c2ccccc2F)[nH]c2ccc(CNC(=O)[C@H](C)CN3CCOCC3)cc12. The minimum atomic E-state index is -0.242. The molecular weight excluding hydrogens is 381 g/mol. The summed E-state index contributed by atoms with van der Waals surface area (Å²) in [6.07, 6.45) is 0. The normalized spacial score (nSPS) is 16.0. The number of fused-ring (bicyclic) bond motifs is 1. The molecule has 0 radical (unpaired) electrons. The zero-order valence-corrected chi connectivity index (χ0v) is 17.5. The molecule has 1 aliphatic rings. The number of ether oxygens (including phenoxy) is 1. The Kier molecular flexibility index (Phi) is 6.16. The van der Waals surface area contributed by atoms with Gasteiger partial charge < -0.3 is 15.0 Å². The van der Waals surface area contributed by atoms with Crippen molar-refractivity contribution >= 4 is 16.8 Å². The van der Waals surface area contributed by atoms with E-state index in [1.807, 2.05) is 32.0 Å². The summed E-state index contributed by atoms with van der Waals surface area (Å²) in [5, 5.41) is 4.10. The molecular formula is C24H28FN3O2. The summed E-state index contributed by atoms with van der Waals surface area (Å²) in [5.41, 5.74) is 4.35.